The number of methoxy groups -OCH3 is 1. The van der Waals surface area contributed by atoms with Crippen molar-refractivity contribution in [1.29, 1.82) is 0 Å². The number of rotatable bonds is 10. The van der Waals surface area contributed by atoms with Gasteiger partial charge in [-0.15, -0.1) is 0 Å². The molecule has 39 heavy (non-hydrogen) atoms. The molecule has 0 aromatic heterocycles. The first-order valence-electron chi connectivity index (χ1n) is 13.8. The van der Waals surface area contributed by atoms with Gasteiger partial charge in [0.1, 0.15) is 18.0 Å². The summed E-state index contributed by atoms with van der Waals surface area (Å²) in [5.74, 6) is 0.838. The molecule has 4 rings (SSSR count). The van der Waals surface area contributed by atoms with E-state index in [2.05, 4.69) is 31.3 Å². The minimum Gasteiger partial charge on any atom is -0.497 e. The van der Waals surface area contributed by atoms with Crippen LogP contribution in [0.15, 0.2) is 54.6 Å². The number of ether oxygens (including phenoxy) is 1. The molecule has 2 heterocycles. The Morgan fingerprint density at radius 3 is 2.41 bits per heavy atom. The largest absolute Gasteiger partial charge is 0.497 e. The molecule has 2 aliphatic rings. The molecule has 2 aromatic carbocycles. The molecule has 210 valence electrons. The van der Waals surface area contributed by atoms with Crippen LogP contribution >= 0.6 is 0 Å². The zero-order valence-corrected chi connectivity index (χ0v) is 23.5. The summed E-state index contributed by atoms with van der Waals surface area (Å²) < 4.78 is 5.22. The molecule has 2 atom stereocenters. The van der Waals surface area contributed by atoms with Crippen LogP contribution in [-0.4, -0.2) is 83.7 Å². The zero-order valence-electron chi connectivity index (χ0n) is 23.5. The Morgan fingerprint density at radius 1 is 1.03 bits per heavy atom. The standard InChI is InChI=1S/C30H41N5O4/c1-22(2)18-26-29(37)33(17-9-8-12-23-10-6-5-7-11-23)20-27-34(26)28(36)21-32(3)35(27)30(38)31-19-24-13-15-25(39-4)16-14-24/h5-7,10-11,13-16,22,26-27H,8-9,12,17-21H2,1-4H3,(H,31,38)/t26-,27-/m0/s1. The van der Waals surface area contributed by atoms with Gasteiger partial charge in [0.15, 0.2) is 0 Å². The van der Waals surface area contributed by atoms with E-state index in [0.717, 1.165) is 30.6 Å². The lowest BCUT2D eigenvalue weighted by atomic mass is 9.97. The number of benzene rings is 2. The lowest BCUT2D eigenvalue weighted by molar-refractivity contribution is -0.188. The minimum absolute atomic E-state index is 0.0174. The number of fused-ring (bicyclic) bond motifs is 1. The molecule has 0 spiro atoms. The number of nitrogens with zero attached hydrogens (tertiary/aromatic N) is 4. The van der Waals surface area contributed by atoms with E-state index < -0.39 is 12.2 Å². The number of hydrogen-bond donors (Lipinski definition) is 1. The fraction of sp³-hybridized carbons (Fsp3) is 0.500. The second-order valence-electron chi connectivity index (χ2n) is 10.8. The molecule has 0 unspecified atom stereocenters. The van der Waals surface area contributed by atoms with Gasteiger partial charge < -0.3 is 19.9 Å². The number of carbonyl (C=O) groups is 3. The number of hydrogen-bond acceptors (Lipinski definition) is 5. The Hall–Kier alpha value is -3.59. The van der Waals surface area contributed by atoms with Gasteiger partial charge >= 0.3 is 6.03 Å². The summed E-state index contributed by atoms with van der Waals surface area (Å²) in [7, 11) is 3.37. The maximum Gasteiger partial charge on any atom is 0.334 e. The van der Waals surface area contributed by atoms with Crippen molar-refractivity contribution in [2.75, 3.05) is 33.8 Å². The molecule has 2 saturated heterocycles. The van der Waals surface area contributed by atoms with Crippen LogP contribution in [0.25, 0.3) is 0 Å². The van der Waals surface area contributed by atoms with Gasteiger partial charge in [-0.1, -0.05) is 56.3 Å². The van der Waals surface area contributed by atoms with E-state index in [1.807, 2.05) is 47.4 Å². The number of aryl methyl sites for hydroxylation is 1. The minimum atomic E-state index is -0.573. The van der Waals surface area contributed by atoms with Gasteiger partial charge in [0, 0.05) is 20.1 Å². The van der Waals surface area contributed by atoms with Crippen molar-refractivity contribution in [3.05, 3.63) is 65.7 Å². The van der Waals surface area contributed by atoms with Crippen LogP contribution < -0.4 is 10.1 Å². The van der Waals surface area contributed by atoms with Crippen molar-refractivity contribution in [1.82, 2.24) is 25.1 Å². The van der Waals surface area contributed by atoms with Gasteiger partial charge in [-0.2, -0.15) is 0 Å². The predicted molar refractivity (Wildman–Crippen MR) is 150 cm³/mol. The maximum atomic E-state index is 13.6. The van der Waals surface area contributed by atoms with Crippen molar-refractivity contribution in [3.8, 4) is 5.75 Å². The molecule has 2 aromatic rings. The van der Waals surface area contributed by atoms with Gasteiger partial charge in [0.2, 0.25) is 11.8 Å². The second kappa shape index (κ2) is 13.0. The van der Waals surface area contributed by atoms with Gasteiger partial charge in [0.25, 0.3) is 0 Å². The van der Waals surface area contributed by atoms with Gasteiger partial charge in [-0.3, -0.25) is 9.59 Å². The normalized spacial score (nSPS) is 19.9. The Bertz CT molecular complexity index is 1120. The van der Waals surface area contributed by atoms with E-state index in [9.17, 15) is 14.4 Å². The molecular formula is C30H41N5O4. The summed E-state index contributed by atoms with van der Waals surface area (Å²) in [5.41, 5.74) is 2.22. The summed E-state index contributed by atoms with van der Waals surface area (Å²) in [6.45, 7) is 5.40. The third kappa shape index (κ3) is 6.89. The van der Waals surface area contributed by atoms with E-state index in [4.69, 9.17) is 4.74 Å². The summed E-state index contributed by atoms with van der Waals surface area (Å²) in [5, 5.41) is 6.28. The summed E-state index contributed by atoms with van der Waals surface area (Å²) >= 11 is 0. The molecule has 0 saturated carbocycles. The number of carbonyl (C=O) groups excluding carboxylic acids is 3. The van der Waals surface area contributed by atoms with Gasteiger partial charge in [0.05, 0.1) is 20.2 Å². The van der Waals surface area contributed by atoms with Gasteiger partial charge in [-0.25, -0.2) is 14.8 Å². The first-order valence-corrected chi connectivity index (χ1v) is 13.8. The van der Waals surface area contributed by atoms with Crippen molar-refractivity contribution in [2.24, 2.45) is 5.92 Å². The first kappa shape index (κ1) is 28.4. The molecule has 1 N–H and O–H groups in total. The average molecular weight is 536 g/mol. The highest BCUT2D eigenvalue weighted by atomic mass is 16.5. The SMILES string of the molecule is COc1ccc(CNC(=O)N2[C@H]3CN(CCCCc4ccccc4)C(=O)[C@H](CC(C)C)N3C(=O)CN2C)cc1. The Kier molecular flexibility index (Phi) is 9.45. The molecule has 4 amide bonds. The second-order valence-corrected chi connectivity index (χ2v) is 10.8. The highest BCUT2D eigenvalue weighted by molar-refractivity contribution is 5.91. The first-order chi connectivity index (χ1) is 18.8. The molecule has 0 aliphatic carbocycles. The zero-order chi connectivity index (χ0) is 27.9. The van der Waals surface area contributed by atoms with E-state index in [-0.39, 0.29) is 30.3 Å². The van der Waals surface area contributed by atoms with Crippen LogP contribution in [0.3, 0.4) is 0 Å². The molecule has 9 heteroatoms. The number of piperazine rings is 1. The number of hydrazine groups is 1. The number of amides is 4. The fourth-order valence-corrected chi connectivity index (χ4v) is 5.46. The van der Waals surface area contributed by atoms with Crippen LogP contribution in [0, 0.1) is 5.92 Å². The molecular weight excluding hydrogens is 494 g/mol. The topological polar surface area (TPSA) is 85.4 Å². The fourth-order valence-electron chi connectivity index (χ4n) is 5.46. The Labute approximate surface area is 231 Å². The van der Waals surface area contributed by atoms with Crippen LogP contribution in [0.2, 0.25) is 0 Å². The van der Waals surface area contributed by atoms with Crippen LogP contribution in [0.1, 0.15) is 44.2 Å². The summed E-state index contributed by atoms with van der Waals surface area (Å²) in [6, 6.07) is 17.0. The Morgan fingerprint density at radius 2 is 1.74 bits per heavy atom. The average Bonchev–Trinajstić information content (AvgIpc) is 2.92. The maximum absolute atomic E-state index is 13.6. The lowest BCUT2D eigenvalue weighted by Gasteiger charge is -2.54. The van der Waals surface area contributed by atoms with E-state index in [0.29, 0.717) is 26.1 Å². The van der Waals surface area contributed by atoms with Crippen molar-refractivity contribution in [2.45, 2.75) is 58.3 Å². The monoisotopic (exact) mass is 535 g/mol. The molecule has 9 nitrogen and oxygen atoms in total. The van der Waals surface area contributed by atoms with Crippen molar-refractivity contribution in [3.63, 3.8) is 0 Å². The predicted octanol–water partition coefficient (Wildman–Crippen LogP) is 3.50. The van der Waals surface area contributed by atoms with Crippen molar-refractivity contribution < 1.29 is 19.1 Å². The third-order valence-electron chi connectivity index (χ3n) is 7.43. The van der Waals surface area contributed by atoms with Crippen molar-refractivity contribution >= 4 is 17.8 Å². The van der Waals surface area contributed by atoms with Gasteiger partial charge in [-0.05, 0) is 54.9 Å². The smallest absolute Gasteiger partial charge is 0.334 e. The molecule has 2 fully saturated rings. The van der Waals surface area contributed by atoms with E-state index in [1.165, 1.54) is 5.56 Å². The van der Waals surface area contributed by atoms with Crippen LogP contribution in [0.4, 0.5) is 4.79 Å². The quantitative estimate of drug-likeness (QED) is 0.471. The molecule has 2 aliphatic heterocycles. The highest BCUT2D eigenvalue weighted by Gasteiger charge is 2.50. The molecule has 0 bridgehead atoms. The Balaban J connectivity index is 1.47. The summed E-state index contributed by atoms with van der Waals surface area (Å²) in [6.07, 6.45) is 2.78. The van der Waals surface area contributed by atoms with E-state index in [1.54, 1.807) is 29.1 Å². The van der Waals surface area contributed by atoms with Crippen LogP contribution in [0.5, 0.6) is 5.75 Å². The van der Waals surface area contributed by atoms with E-state index >= 15 is 0 Å². The number of urea groups is 1. The van der Waals surface area contributed by atoms with Crippen LogP contribution in [-0.2, 0) is 22.6 Å². The summed E-state index contributed by atoms with van der Waals surface area (Å²) in [4.78, 5) is 43.9. The number of likely N-dealkylation sites (N-methyl/N-ethyl adjacent to an activating group) is 1. The number of nitrogens with one attached hydrogen (secondary N) is 1. The third-order valence-corrected chi connectivity index (χ3v) is 7.43. The lowest BCUT2D eigenvalue weighted by Crippen LogP contribution is -2.76. The highest BCUT2D eigenvalue weighted by Crippen LogP contribution is 2.29. The number of unbranched alkanes of at least 4 members (excludes halogenated alkanes) is 1. The molecule has 0 radical (unpaired) electrons.